The average molecular weight is 352 g/mol. The lowest BCUT2D eigenvalue weighted by Gasteiger charge is -2.23. The van der Waals surface area contributed by atoms with Crippen molar-refractivity contribution in [3.63, 3.8) is 0 Å². The minimum atomic E-state index is 0.110. The number of aliphatic hydroxyl groups excluding tert-OH is 1. The molecule has 0 bridgehead atoms. The van der Waals surface area contributed by atoms with Crippen LogP contribution in [-0.2, 0) is 19.6 Å². The molecule has 2 N–H and O–H groups in total. The van der Waals surface area contributed by atoms with Crippen LogP contribution in [0.5, 0.6) is 0 Å². The molecular weight excluding hydrogens is 334 g/mol. The molecule has 2 nitrogen and oxygen atoms in total. The van der Waals surface area contributed by atoms with Crippen molar-refractivity contribution in [2.45, 2.75) is 38.5 Å². The molecule has 1 aromatic carbocycles. The van der Waals surface area contributed by atoms with Crippen LogP contribution in [0.2, 0.25) is 0 Å². The van der Waals surface area contributed by atoms with E-state index in [-0.39, 0.29) is 6.61 Å². The van der Waals surface area contributed by atoms with Gasteiger partial charge >= 0.3 is 0 Å². The molecule has 1 aliphatic rings. The first-order valence-electron chi connectivity index (χ1n) is 6.96. The van der Waals surface area contributed by atoms with Crippen LogP contribution in [0.4, 0.5) is 0 Å². The molecule has 0 saturated heterocycles. The molecule has 0 amide bonds. The molecule has 1 atom stereocenters. The smallest absolute Gasteiger partial charge is 0.0704 e. The molecular formula is C16H18BrNOS. The normalized spacial score (nSPS) is 18.0. The van der Waals surface area contributed by atoms with Crippen molar-refractivity contribution < 1.29 is 5.11 Å². The van der Waals surface area contributed by atoms with Crippen molar-refractivity contribution in [2.75, 3.05) is 0 Å². The second-order valence-corrected chi connectivity index (χ2v) is 7.75. The Bertz CT molecular complexity index is 596. The second kappa shape index (κ2) is 6.39. The van der Waals surface area contributed by atoms with Crippen molar-refractivity contribution in [3.05, 3.63) is 55.7 Å². The maximum atomic E-state index is 9.19. The second-order valence-electron chi connectivity index (χ2n) is 5.23. The number of aliphatic hydroxyl groups is 1. The van der Waals surface area contributed by atoms with Crippen LogP contribution < -0.4 is 5.32 Å². The highest BCUT2D eigenvalue weighted by Gasteiger charge is 2.22. The van der Waals surface area contributed by atoms with E-state index in [9.17, 15) is 5.11 Å². The number of hydrogen-bond donors (Lipinski definition) is 2. The maximum absolute atomic E-state index is 9.19. The van der Waals surface area contributed by atoms with Crippen LogP contribution in [0.3, 0.4) is 0 Å². The highest BCUT2D eigenvalue weighted by atomic mass is 79.9. The van der Waals surface area contributed by atoms with Gasteiger partial charge in [0.25, 0.3) is 0 Å². The molecule has 2 aromatic rings. The highest BCUT2D eigenvalue weighted by molar-refractivity contribution is 9.11. The van der Waals surface area contributed by atoms with Crippen LogP contribution in [0.1, 0.15) is 40.5 Å². The monoisotopic (exact) mass is 351 g/mol. The van der Waals surface area contributed by atoms with E-state index in [0.717, 1.165) is 12.1 Å². The molecule has 0 saturated carbocycles. The fraction of sp³-hybridized carbons (Fsp3) is 0.375. The minimum Gasteiger partial charge on any atom is -0.392 e. The van der Waals surface area contributed by atoms with E-state index in [1.54, 1.807) is 0 Å². The van der Waals surface area contributed by atoms with Crippen LogP contribution in [0, 0.1) is 0 Å². The summed E-state index contributed by atoms with van der Waals surface area (Å²) in [5, 5.41) is 12.9. The summed E-state index contributed by atoms with van der Waals surface area (Å²) >= 11 is 5.46. The SMILES string of the molecule is OCc1cccc(CNC2CCCc3sc(Br)cc32)c1. The number of nitrogens with one attached hydrogen (secondary N) is 1. The molecule has 0 fully saturated rings. The van der Waals surface area contributed by atoms with Crippen LogP contribution in [0.25, 0.3) is 0 Å². The first-order valence-corrected chi connectivity index (χ1v) is 8.57. The van der Waals surface area contributed by atoms with E-state index in [0.29, 0.717) is 6.04 Å². The van der Waals surface area contributed by atoms with Gasteiger partial charge in [-0.3, -0.25) is 0 Å². The van der Waals surface area contributed by atoms with Gasteiger partial charge in [-0.15, -0.1) is 11.3 Å². The third-order valence-electron chi connectivity index (χ3n) is 3.81. The van der Waals surface area contributed by atoms with Crippen molar-refractivity contribution in [2.24, 2.45) is 0 Å². The van der Waals surface area contributed by atoms with E-state index >= 15 is 0 Å². The lowest BCUT2D eigenvalue weighted by Crippen LogP contribution is -2.23. The van der Waals surface area contributed by atoms with Gasteiger partial charge in [0, 0.05) is 17.5 Å². The van der Waals surface area contributed by atoms with Crippen molar-refractivity contribution >= 4 is 27.3 Å². The summed E-state index contributed by atoms with van der Waals surface area (Å²) in [7, 11) is 0. The van der Waals surface area contributed by atoms with E-state index in [4.69, 9.17) is 0 Å². The predicted molar refractivity (Wildman–Crippen MR) is 86.9 cm³/mol. The van der Waals surface area contributed by atoms with Gasteiger partial charge in [-0.2, -0.15) is 0 Å². The van der Waals surface area contributed by atoms with E-state index in [1.165, 1.54) is 39.1 Å². The average Bonchev–Trinajstić information content (AvgIpc) is 2.86. The number of thiophene rings is 1. The fourth-order valence-corrected chi connectivity index (χ4v) is 4.63. The van der Waals surface area contributed by atoms with Gasteiger partial charge < -0.3 is 10.4 Å². The zero-order valence-corrected chi connectivity index (χ0v) is 13.6. The molecule has 1 heterocycles. The molecule has 1 aromatic heterocycles. The van der Waals surface area contributed by atoms with Crippen LogP contribution >= 0.6 is 27.3 Å². The quantitative estimate of drug-likeness (QED) is 0.866. The number of halogens is 1. The lowest BCUT2D eigenvalue weighted by atomic mass is 9.94. The number of fused-ring (bicyclic) bond motifs is 1. The Labute approximate surface area is 132 Å². The third kappa shape index (κ3) is 3.14. The predicted octanol–water partition coefficient (Wildman–Crippen LogP) is 4.17. The van der Waals surface area contributed by atoms with Gasteiger partial charge in [0.1, 0.15) is 0 Å². The van der Waals surface area contributed by atoms with Crippen molar-refractivity contribution in [1.82, 2.24) is 5.32 Å². The Morgan fingerprint density at radius 3 is 3.00 bits per heavy atom. The molecule has 0 spiro atoms. The number of hydrogen-bond acceptors (Lipinski definition) is 3. The van der Waals surface area contributed by atoms with Gasteiger partial charge in [-0.05, 0) is 57.9 Å². The van der Waals surface area contributed by atoms with Crippen molar-refractivity contribution in [1.29, 1.82) is 0 Å². The molecule has 4 heteroatoms. The van der Waals surface area contributed by atoms with Gasteiger partial charge in [0.15, 0.2) is 0 Å². The summed E-state index contributed by atoms with van der Waals surface area (Å²) in [6.45, 7) is 0.963. The van der Waals surface area contributed by atoms with Gasteiger partial charge in [-0.1, -0.05) is 24.3 Å². The van der Waals surface area contributed by atoms with E-state index in [1.807, 2.05) is 23.5 Å². The molecule has 1 aliphatic carbocycles. The summed E-state index contributed by atoms with van der Waals surface area (Å²) in [6, 6.07) is 10.9. The number of rotatable bonds is 4. The molecule has 0 aliphatic heterocycles. The maximum Gasteiger partial charge on any atom is 0.0704 e. The van der Waals surface area contributed by atoms with Crippen LogP contribution in [-0.4, -0.2) is 5.11 Å². The Balaban J connectivity index is 1.69. The summed E-state index contributed by atoms with van der Waals surface area (Å²) in [5.74, 6) is 0. The molecule has 1 unspecified atom stereocenters. The van der Waals surface area contributed by atoms with Crippen molar-refractivity contribution in [3.8, 4) is 0 Å². The van der Waals surface area contributed by atoms with E-state index in [2.05, 4.69) is 39.4 Å². The minimum absolute atomic E-state index is 0.110. The Hall–Kier alpha value is -0.680. The Morgan fingerprint density at radius 2 is 2.15 bits per heavy atom. The lowest BCUT2D eigenvalue weighted by molar-refractivity contribution is 0.281. The largest absolute Gasteiger partial charge is 0.392 e. The highest BCUT2D eigenvalue weighted by Crippen LogP contribution is 2.38. The molecule has 106 valence electrons. The molecule has 20 heavy (non-hydrogen) atoms. The van der Waals surface area contributed by atoms with Gasteiger partial charge in [-0.25, -0.2) is 0 Å². The summed E-state index contributed by atoms with van der Waals surface area (Å²) in [6.07, 6.45) is 3.67. The summed E-state index contributed by atoms with van der Waals surface area (Å²) in [4.78, 5) is 1.52. The van der Waals surface area contributed by atoms with Gasteiger partial charge in [0.05, 0.1) is 10.4 Å². The van der Waals surface area contributed by atoms with Gasteiger partial charge in [0.2, 0.25) is 0 Å². The molecule has 3 rings (SSSR count). The fourth-order valence-electron chi connectivity index (χ4n) is 2.81. The summed E-state index contributed by atoms with van der Waals surface area (Å²) < 4.78 is 1.23. The first kappa shape index (κ1) is 14.3. The first-order chi connectivity index (χ1) is 9.76. The van der Waals surface area contributed by atoms with E-state index < -0.39 is 0 Å². The number of benzene rings is 1. The topological polar surface area (TPSA) is 32.3 Å². The van der Waals surface area contributed by atoms with Crippen LogP contribution in [0.15, 0.2) is 34.1 Å². The standard InChI is InChI=1S/C16H18BrNOS/c17-16-8-13-14(5-2-6-15(13)20-16)18-9-11-3-1-4-12(7-11)10-19/h1,3-4,7-8,14,18-19H,2,5-6,9-10H2. The summed E-state index contributed by atoms with van der Waals surface area (Å²) in [5.41, 5.74) is 3.68. The number of aryl methyl sites for hydroxylation is 1. The zero-order valence-electron chi connectivity index (χ0n) is 11.2. The molecule has 0 radical (unpaired) electrons. The zero-order chi connectivity index (χ0) is 13.9. The Morgan fingerprint density at radius 1 is 1.30 bits per heavy atom. The third-order valence-corrected chi connectivity index (χ3v) is 5.52. The Kier molecular flexibility index (Phi) is 4.56.